The SMILES string of the molecule is COc1cccc(C(=O)NCC2CCCCC2C)c1N. The molecule has 1 fully saturated rings. The summed E-state index contributed by atoms with van der Waals surface area (Å²) in [6.07, 6.45) is 5.05. The van der Waals surface area contributed by atoms with Gasteiger partial charge in [-0.1, -0.05) is 32.3 Å². The van der Waals surface area contributed by atoms with Crippen LogP contribution in [0.5, 0.6) is 5.75 Å². The lowest BCUT2D eigenvalue weighted by molar-refractivity contribution is 0.0937. The van der Waals surface area contributed by atoms with E-state index in [-0.39, 0.29) is 5.91 Å². The van der Waals surface area contributed by atoms with Crippen LogP contribution in [0.2, 0.25) is 0 Å². The molecular weight excluding hydrogens is 252 g/mol. The Bertz CT molecular complexity index is 474. The first kappa shape index (κ1) is 14.7. The van der Waals surface area contributed by atoms with Crippen molar-refractivity contribution in [3.8, 4) is 5.75 Å². The number of anilines is 1. The number of hydrogen-bond acceptors (Lipinski definition) is 3. The Balaban J connectivity index is 1.98. The third-order valence-electron chi connectivity index (χ3n) is 4.34. The number of carbonyl (C=O) groups is 1. The fourth-order valence-corrected chi connectivity index (χ4v) is 2.94. The number of para-hydroxylation sites is 1. The summed E-state index contributed by atoms with van der Waals surface area (Å²) < 4.78 is 5.14. The van der Waals surface area contributed by atoms with Crippen LogP contribution in [0.25, 0.3) is 0 Å². The van der Waals surface area contributed by atoms with E-state index in [1.54, 1.807) is 25.3 Å². The third kappa shape index (κ3) is 3.24. The van der Waals surface area contributed by atoms with Gasteiger partial charge in [0.25, 0.3) is 5.91 Å². The minimum absolute atomic E-state index is 0.112. The lowest BCUT2D eigenvalue weighted by Gasteiger charge is -2.28. The van der Waals surface area contributed by atoms with Crippen LogP contribution in [0.4, 0.5) is 5.69 Å². The van der Waals surface area contributed by atoms with E-state index >= 15 is 0 Å². The molecule has 1 aromatic rings. The van der Waals surface area contributed by atoms with Crippen molar-refractivity contribution in [2.75, 3.05) is 19.4 Å². The number of carbonyl (C=O) groups excluding carboxylic acids is 1. The van der Waals surface area contributed by atoms with Gasteiger partial charge in [0.1, 0.15) is 5.75 Å². The fourth-order valence-electron chi connectivity index (χ4n) is 2.94. The van der Waals surface area contributed by atoms with Crippen molar-refractivity contribution in [3.05, 3.63) is 23.8 Å². The van der Waals surface area contributed by atoms with E-state index < -0.39 is 0 Å². The standard InChI is InChI=1S/C16H24N2O2/c1-11-6-3-4-7-12(11)10-18-16(19)13-8-5-9-14(20-2)15(13)17/h5,8-9,11-12H,3-4,6-7,10,17H2,1-2H3,(H,18,19). The van der Waals surface area contributed by atoms with Gasteiger partial charge in [-0.3, -0.25) is 4.79 Å². The molecule has 2 rings (SSSR count). The van der Waals surface area contributed by atoms with Crippen molar-refractivity contribution in [2.45, 2.75) is 32.6 Å². The van der Waals surface area contributed by atoms with Gasteiger partial charge in [0.05, 0.1) is 18.4 Å². The van der Waals surface area contributed by atoms with Gasteiger partial charge in [0.15, 0.2) is 0 Å². The lowest BCUT2D eigenvalue weighted by atomic mass is 9.80. The predicted molar refractivity (Wildman–Crippen MR) is 80.9 cm³/mol. The molecule has 1 amide bonds. The number of nitrogen functional groups attached to an aromatic ring is 1. The Morgan fingerprint density at radius 1 is 1.40 bits per heavy atom. The molecule has 2 unspecified atom stereocenters. The Morgan fingerprint density at radius 3 is 2.85 bits per heavy atom. The zero-order chi connectivity index (χ0) is 14.5. The summed E-state index contributed by atoms with van der Waals surface area (Å²) in [7, 11) is 1.55. The molecule has 0 aromatic heterocycles. The van der Waals surface area contributed by atoms with Crippen molar-refractivity contribution < 1.29 is 9.53 Å². The Hall–Kier alpha value is -1.71. The third-order valence-corrected chi connectivity index (χ3v) is 4.34. The average Bonchev–Trinajstić information content (AvgIpc) is 2.46. The van der Waals surface area contributed by atoms with Gasteiger partial charge in [-0.2, -0.15) is 0 Å². The second-order valence-corrected chi connectivity index (χ2v) is 5.65. The van der Waals surface area contributed by atoms with Crippen molar-refractivity contribution >= 4 is 11.6 Å². The number of hydrogen-bond donors (Lipinski definition) is 2. The molecular formula is C16H24N2O2. The van der Waals surface area contributed by atoms with Gasteiger partial charge in [0, 0.05) is 6.54 Å². The summed E-state index contributed by atoms with van der Waals surface area (Å²) in [6, 6.07) is 5.28. The molecule has 1 aromatic carbocycles. The molecule has 0 saturated heterocycles. The van der Waals surface area contributed by atoms with E-state index in [1.165, 1.54) is 25.7 Å². The zero-order valence-electron chi connectivity index (χ0n) is 12.3. The number of nitrogens with one attached hydrogen (secondary N) is 1. The van der Waals surface area contributed by atoms with Gasteiger partial charge in [0.2, 0.25) is 0 Å². The molecule has 3 N–H and O–H groups in total. The molecule has 0 aliphatic heterocycles. The van der Waals surface area contributed by atoms with Crippen molar-refractivity contribution in [3.63, 3.8) is 0 Å². The Morgan fingerprint density at radius 2 is 2.15 bits per heavy atom. The maximum atomic E-state index is 12.2. The Kier molecular flexibility index (Phi) is 4.88. The topological polar surface area (TPSA) is 64.3 Å². The molecule has 0 bridgehead atoms. The van der Waals surface area contributed by atoms with Gasteiger partial charge in [-0.05, 0) is 30.4 Å². The average molecular weight is 276 g/mol. The normalized spacial score (nSPS) is 22.3. The van der Waals surface area contributed by atoms with Crippen LogP contribution >= 0.6 is 0 Å². The van der Waals surface area contributed by atoms with Crippen LogP contribution in [0.1, 0.15) is 43.0 Å². The van der Waals surface area contributed by atoms with E-state index in [0.717, 1.165) is 6.54 Å². The first-order valence-electron chi connectivity index (χ1n) is 7.34. The number of rotatable bonds is 4. The molecule has 1 saturated carbocycles. The molecule has 4 heteroatoms. The highest BCUT2D eigenvalue weighted by molar-refractivity contribution is 6.00. The summed E-state index contributed by atoms with van der Waals surface area (Å²) >= 11 is 0. The number of ether oxygens (including phenoxy) is 1. The van der Waals surface area contributed by atoms with E-state index in [4.69, 9.17) is 10.5 Å². The monoisotopic (exact) mass is 276 g/mol. The quantitative estimate of drug-likeness (QED) is 0.831. The highest BCUT2D eigenvalue weighted by Gasteiger charge is 2.22. The van der Waals surface area contributed by atoms with Crippen LogP contribution in [-0.2, 0) is 0 Å². The van der Waals surface area contributed by atoms with Crippen molar-refractivity contribution in [1.29, 1.82) is 0 Å². The maximum absolute atomic E-state index is 12.2. The van der Waals surface area contributed by atoms with Crippen LogP contribution < -0.4 is 15.8 Å². The first-order valence-corrected chi connectivity index (χ1v) is 7.34. The van der Waals surface area contributed by atoms with E-state index in [0.29, 0.717) is 28.8 Å². The van der Waals surface area contributed by atoms with E-state index in [9.17, 15) is 4.79 Å². The fraction of sp³-hybridized carbons (Fsp3) is 0.562. The molecule has 110 valence electrons. The second kappa shape index (κ2) is 6.64. The van der Waals surface area contributed by atoms with E-state index in [2.05, 4.69) is 12.2 Å². The molecule has 0 spiro atoms. The minimum Gasteiger partial charge on any atom is -0.495 e. The maximum Gasteiger partial charge on any atom is 0.253 e. The molecule has 4 nitrogen and oxygen atoms in total. The lowest BCUT2D eigenvalue weighted by Crippen LogP contribution is -2.33. The molecule has 1 aliphatic rings. The van der Waals surface area contributed by atoms with Crippen molar-refractivity contribution in [2.24, 2.45) is 11.8 Å². The molecule has 0 heterocycles. The van der Waals surface area contributed by atoms with Crippen molar-refractivity contribution in [1.82, 2.24) is 5.32 Å². The highest BCUT2D eigenvalue weighted by atomic mass is 16.5. The second-order valence-electron chi connectivity index (χ2n) is 5.65. The number of amides is 1. The summed E-state index contributed by atoms with van der Waals surface area (Å²) in [4.78, 5) is 12.2. The van der Waals surface area contributed by atoms with Crippen LogP contribution in [0.3, 0.4) is 0 Å². The van der Waals surface area contributed by atoms with Crippen LogP contribution in [0, 0.1) is 11.8 Å². The number of benzene rings is 1. The van der Waals surface area contributed by atoms with Gasteiger partial charge < -0.3 is 15.8 Å². The molecule has 20 heavy (non-hydrogen) atoms. The van der Waals surface area contributed by atoms with Crippen LogP contribution in [0.15, 0.2) is 18.2 Å². The smallest absolute Gasteiger partial charge is 0.253 e. The molecule has 0 radical (unpaired) electrons. The number of methoxy groups -OCH3 is 1. The minimum atomic E-state index is -0.112. The van der Waals surface area contributed by atoms with Gasteiger partial charge >= 0.3 is 0 Å². The highest BCUT2D eigenvalue weighted by Crippen LogP contribution is 2.29. The predicted octanol–water partition coefficient (Wildman–Crippen LogP) is 2.83. The Labute approximate surface area is 120 Å². The summed E-state index contributed by atoms with van der Waals surface area (Å²) in [5.41, 5.74) is 6.84. The summed E-state index contributed by atoms with van der Waals surface area (Å²) in [5.74, 6) is 1.70. The zero-order valence-corrected chi connectivity index (χ0v) is 12.3. The largest absolute Gasteiger partial charge is 0.495 e. The van der Waals surface area contributed by atoms with E-state index in [1.807, 2.05) is 0 Å². The molecule has 1 aliphatic carbocycles. The molecule has 2 atom stereocenters. The van der Waals surface area contributed by atoms with Gasteiger partial charge in [-0.15, -0.1) is 0 Å². The van der Waals surface area contributed by atoms with Crippen LogP contribution in [-0.4, -0.2) is 19.6 Å². The summed E-state index contributed by atoms with van der Waals surface area (Å²) in [6.45, 7) is 3.01. The summed E-state index contributed by atoms with van der Waals surface area (Å²) in [5, 5.41) is 3.02. The first-order chi connectivity index (χ1) is 9.63. The number of nitrogens with two attached hydrogens (primary N) is 1. The van der Waals surface area contributed by atoms with Gasteiger partial charge in [-0.25, -0.2) is 0 Å².